The lowest BCUT2D eigenvalue weighted by molar-refractivity contribution is -0.141. The summed E-state index contributed by atoms with van der Waals surface area (Å²) in [6, 6.07) is 2.53. The zero-order chi connectivity index (χ0) is 25.3. The van der Waals surface area contributed by atoms with Crippen LogP contribution in [0.1, 0.15) is 116 Å². The van der Waals surface area contributed by atoms with E-state index >= 15 is 0 Å². The first-order chi connectivity index (χ1) is 17.1. The number of nitrogens with zero attached hydrogens (tertiary/aromatic N) is 2. The van der Waals surface area contributed by atoms with Crippen LogP contribution in [0, 0.1) is 5.41 Å². The Labute approximate surface area is 209 Å². The Morgan fingerprint density at radius 3 is 2.42 bits per heavy atom. The van der Waals surface area contributed by atoms with Gasteiger partial charge in [-0.15, -0.1) is 0 Å². The Balaban J connectivity index is 1.57. The van der Waals surface area contributed by atoms with Crippen LogP contribution in [-0.4, -0.2) is 28.3 Å². The molecule has 2 fully saturated rings. The normalized spacial score (nSPS) is 27.3. The minimum absolute atomic E-state index is 0.0698. The summed E-state index contributed by atoms with van der Waals surface area (Å²) in [7, 11) is 0. The largest absolute Gasteiger partial charge is 0.433 e. The average molecular weight is 503 g/mol. The fourth-order valence-corrected chi connectivity index (χ4v) is 6.99. The maximum atomic E-state index is 13.2. The third kappa shape index (κ3) is 3.96. The topological polar surface area (TPSA) is 64.5 Å². The second-order valence-electron chi connectivity index (χ2n) is 11.8. The monoisotopic (exact) mass is 502 g/mol. The van der Waals surface area contributed by atoms with Gasteiger partial charge in [-0.05, 0) is 55.6 Å². The van der Waals surface area contributed by atoms with E-state index in [-0.39, 0.29) is 11.3 Å². The van der Waals surface area contributed by atoms with Crippen LogP contribution in [-0.2, 0) is 27.7 Å². The van der Waals surface area contributed by atoms with Gasteiger partial charge in [-0.2, -0.15) is 13.2 Å². The number of halogens is 3. The molecule has 5 nitrogen and oxygen atoms in total. The van der Waals surface area contributed by atoms with E-state index < -0.39 is 29.7 Å². The highest BCUT2D eigenvalue weighted by molar-refractivity contribution is 5.54. The molecule has 1 spiro atoms. The first-order valence-electron chi connectivity index (χ1n) is 13.1. The summed E-state index contributed by atoms with van der Waals surface area (Å²) in [4.78, 5) is 9.00. The van der Waals surface area contributed by atoms with Crippen molar-refractivity contribution in [1.82, 2.24) is 9.97 Å². The highest BCUT2D eigenvalue weighted by Gasteiger charge is 2.53. The number of ether oxygens (including phenoxy) is 2. The van der Waals surface area contributed by atoms with Gasteiger partial charge < -0.3 is 14.6 Å². The van der Waals surface area contributed by atoms with Crippen molar-refractivity contribution < 1.29 is 27.8 Å². The molecule has 36 heavy (non-hydrogen) atoms. The highest BCUT2D eigenvalue weighted by Crippen LogP contribution is 2.59. The molecule has 1 saturated heterocycles. The Kier molecular flexibility index (Phi) is 5.74. The minimum Gasteiger partial charge on any atom is -0.388 e. The van der Waals surface area contributed by atoms with Crippen molar-refractivity contribution in [2.75, 3.05) is 13.2 Å². The second kappa shape index (κ2) is 8.50. The Bertz CT molecular complexity index is 1150. The molecular formula is C28H33F3N2O3. The van der Waals surface area contributed by atoms with Crippen LogP contribution in [0.5, 0.6) is 0 Å². The predicted molar refractivity (Wildman–Crippen MR) is 126 cm³/mol. The number of pyridine rings is 2. The Hall–Kier alpha value is -2.03. The van der Waals surface area contributed by atoms with Gasteiger partial charge in [0.15, 0.2) is 0 Å². The third-order valence-corrected chi connectivity index (χ3v) is 8.57. The number of hydrogen-bond acceptors (Lipinski definition) is 5. The van der Waals surface area contributed by atoms with Crippen molar-refractivity contribution in [2.45, 2.75) is 95.1 Å². The van der Waals surface area contributed by atoms with E-state index in [1.54, 1.807) is 0 Å². The number of rotatable bonds is 2. The molecule has 2 atom stereocenters. The minimum atomic E-state index is -4.50. The Morgan fingerprint density at radius 2 is 1.78 bits per heavy atom. The zero-order valence-corrected chi connectivity index (χ0v) is 20.8. The van der Waals surface area contributed by atoms with Gasteiger partial charge in [0.05, 0.1) is 17.4 Å². The summed E-state index contributed by atoms with van der Waals surface area (Å²) < 4.78 is 52.2. The van der Waals surface area contributed by atoms with Gasteiger partial charge >= 0.3 is 6.18 Å². The first-order valence-corrected chi connectivity index (χ1v) is 13.1. The molecule has 2 unspecified atom stereocenters. The van der Waals surface area contributed by atoms with E-state index in [4.69, 9.17) is 14.5 Å². The van der Waals surface area contributed by atoms with Crippen LogP contribution in [0.25, 0.3) is 0 Å². The van der Waals surface area contributed by atoms with E-state index in [0.29, 0.717) is 25.2 Å². The summed E-state index contributed by atoms with van der Waals surface area (Å²) in [5, 5.41) is 11.4. The molecule has 2 aromatic rings. The van der Waals surface area contributed by atoms with Gasteiger partial charge in [-0.25, -0.2) is 0 Å². The average Bonchev–Trinajstić information content (AvgIpc) is 3.43. The van der Waals surface area contributed by atoms with Crippen molar-refractivity contribution >= 4 is 0 Å². The van der Waals surface area contributed by atoms with Gasteiger partial charge in [0, 0.05) is 47.7 Å². The molecule has 6 rings (SSSR count). The summed E-state index contributed by atoms with van der Waals surface area (Å²) in [5.41, 5.74) is 3.95. The van der Waals surface area contributed by atoms with Gasteiger partial charge in [0.25, 0.3) is 0 Å². The van der Waals surface area contributed by atoms with Gasteiger partial charge in [-0.1, -0.05) is 32.8 Å². The fraction of sp³-hybridized carbons (Fsp3) is 0.643. The second-order valence-corrected chi connectivity index (χ2v) is 11.8. The molecule has 194 valence electrons. The number of aliphatic hydroxyl groups is 1. The first kappa shape index (κ1) is 24.3. The predicted octanol–water partition coefficient (Wildman–Crippen LogP) is 6.28. The molecule has 4 aliphatic rings. The van der Waals surface area contributed by atoms with E-state index in [2.05, 4.69) is 18.8 Å². The third-order valence-electron chi connectivity index (χ3n) is 8.57. The van der Waals surface area contributed by atoms with E-state index in [1.807, 2.05) is 0 Å². The van der Waals surface area contributed by atoms with E-state index in [9.17, 15) is 18.3 Å². The number of aromatic nitrogens is 2. The zero-order valence-electron chi connectivity index (χ0n) is 20.8. The molecule has 8 heteroatoms. The van der Waals surface area contributed by atoms with Crippen LogP contribution < -0.4 is 0 Å². The highest BCUT2D eigenvalue weighted by atomic mass is 19.4. The van der Waals surface area contributed by atoms with Crippen LogP contribution >= 0.6 is 0 Å². The molecule has 1 saturated carbocycles. The molecule has 2 aliphatic carbocycles. The van der Waals surface area contributed by atoms with Gasteiger partial charge in [-0.3, -0.25) is 9.97 Å². The van der Waals surface area contributed by atoms with Crippen LogP contribution in [0.3, 0.4) is 0 Å². The number of alkyl halides is 3. The van der Waals surface area contributed by atoms with Crippen LogP contribution in [0.4, 0.5) is 13.2 Å². The van der Waals surface area contributed by atoms with Crippen LogP contribution in [0.15, 0.2) is 18.3 Å². The quantitative estimate of drug-likeness (QED) is 0.523. The van der Waals surface area contributed by atoms with E-state index in [0.717, 1.165) is 79.1 Å². The number of hydrogen-bond donors (Lipinski definition) is 1. The van der Waals surface area contributed by atoms with Crippen LogP contribution in [0.2, 0.25) is 0 Å². The van der Waals surface area contributed by atoms with Crippen molar-refractivity contribution in [3.63, 3.8) is 0 Å². The molecule has 4 heterocycles. The summed E-state index contributed by atoms with van der Waals surface area (Å²) in [6.45, 7) is 5.65. The molecule has 0 radical (unpaired) electrons. The fourth-order valence-electron chi connectivity index (χ4n) is 6.99. The van der Waals surface area contributed by atoms with Crippen molar-refractivity contribution in [3.8, 4) is 0 Å². The van der Waals surface area contributed by atoms with E-state index in [1.165, 1.54) is 12.3 Å². The van der Waals surface area contributed by atoms with Crippen molar-refractivity contribution in [1.29, 1.82) is 0 Å². The maximum absolute atomic E-state index is 13.2. The standard InChI is InChI=1S/C28H33F3N2O3/c1-26(2)13-18-21(19(34)14-26)23-22(24(33-18)16-7-11-35-12-8-16)25(36-27(23)9-3-4-10-27)17-5-6-20(32-15-17)28(29,30)31/h5-6,15-16,19,25,34H,3-4,7-14H2,1-2H3. The van der Waals surface area contributed by atoms with Crippen molar-refractivity contribution in [2.24, 2.45) is 5.41 Å². The molecule has 0 bridgehead atoms. The molecule has 1 N–H and O–H groups in total. The summed E-state index contributed by atoms with van der Waals surface area (Å²) >= 11 is 0. The lowest BCUT2D eigenvalue weighted by atomic mass is 9.70. The van der Waals surface area contributed by atoms with Gasteiger partial charge in [0.1, 0.15) is 11.8 Å². The van der Waals surface area contributed by atoms with Gasteiger partial charge in [0.2, 0.25) is 0 Å². The number of aliphatic hydroxyl groups excluding tert-OH is 1. The molecule has 0 aromatic carbocycles. The number of fused-ring (bicyclic) bond motifs is 4. The summed E-state index contributed by atoms with van der Waals surface area (Å²) in [5.74, 6) is 0.185. The molecule has 2 aliphatic heterocycles. The SMILES string of the molecule is CC1(C)Cc2nc(C3CCOCC3)c3c(c2C(O)C1)C1(CCCC1)OC3c1ccc(C(F)(F)F)nc1. The maximum Gasteiger partial charge on any atom is 0.433 e. The van der Waals surface area contributed by atoms with Crippen molar-refractivity contribution in [3.05, 3.63) is 57.7 Å². The molecular weight excluding hydrogens is 469 g/mol. The lowest BCUT2D eigenvalue weighted by Crippen LogP contribution is -2.32. The molecule has 0 amide bonds. The molecule has 2 aromatic heterocycles. The Morgan fingerprint density at radius 1 is 1.06 bits per heavy atom. The summed E-state index contributed by atoms with van der Waals surface area (Å²) in [6.07, 6.45) is 2.44. The lowest BCUT2D eigenvalue weighted by Gasteiger charge is -2.38. The smallest absolute Gasteiger partial charge is 0.388 e.